The number of sulfonamides is 1. The number of aryl methyl sites for hydroxylation is 1. The van der Waals surface area contributed by atoms with Crippen LogP contribution in [-0.4, -0.2) is 18.6 Å². The van der Waals surface area contributed by atoms with Gasteiger partial charge in [-0.1, -0.05) is 43.1 Å². The van der Waals surface area contributed by atoms with E-state index in [0.717, 1.165) is 37.7 Å². The van der Waals surface area contributed by atoms with E-state index < -0.39 is 15.8 Å². The fourth-order valence-corrected chi connectivity index (χ4v) is 3.88. The van der Waals surface area contributed by atoms with Crippen molar-refractivity contribution in [1.82, 2.24) is 0 Å². The first-order valence-corrected chi connectivity index (χ1v) is 11.0. The van der Waals surface area contributed by atoms with Gasteiger partial charge in [-0.05, 0) is 64.5 Å². The molecule has 1 aromatic carbocycles. The summed E-state index contributed by atoms with van der Waals surface area (Å²) >= 11 is 0. The number of phenolic OH excluding ortho intramolecular Hbond substituents is 2. The Morgan fingerprint density at radius 2 is 1.81 bits per heavy atom. The van der Waals surface area contributed by atoms with Crippen LogP contribution in [0.25, 0.3) is 0 Å². The van der Waals surface area contributed by atoms with Crippen LogP contribution in [0.1, 0.15) is 70.9 Å². The Balaban J connectivity index is 3.16. The van der Waals surface area contributed by atoms with Gasteiger partial charge in [0, 0.05) is 5.56 Å². The Bertz CT molecular complexity index is 804. The molecule has 0 saturated carbocycles. The van der Waals surface area contributed by atoms with Crippen molar-refractivity contribution in [1.29, 1.82) is 0 Å². The first-order valence-electron chi connectivity index (χ1n) is 9.46. The Labute approximate surface area is 163 Å². The van der Waals surface area contributed by atoms with Crippen molar-refractivity contribution < 1.29 is 18.6 Å². The monoisotopic (exact) mass is 395 g/mol. The van der Waals surface area contributed by atoms with Crippen LogP contribution in [0.5, 0.6) is 11.5 Å². The minimum atomic E-state index is -4.09. The van der Waals surface area contributed by atoms with Gasteiger partial charge in [0.25, 0.3) is 0 Å². The normalized spacial score (nSPS) is 12.3. The van der Waals surface area contributed by atoms with E-state index in [1.54, 1.807) is 0 Å². The zero-order valence-corrected chi connectivity index (χ0v) is 17.7. The molecule has 5 nitrogen and oxygen atoms in total. The highest BCUT2D eigenvalue weighted by Gasteiger charge is 2.24. The predicted octanol–water partition coefficient (Wildman–Crippen LogP) is 4.71. The second kappa shape index (κ2) is 10.5. The SMILES string of the molecule is CCCCCc1cc(O)c(C/C=C(\C)CCC=C(C)C)c(O)c1S(N)(=O)=O. The maximum absolute atomic E-state index is 12.0. The number of unbranched alkanes of at least 4 members (excludes halogenated alkanes) is 2. The van der Waals surface area contributed by atoms with Crippen molar-refractivity contribution >= 4 is 10.0 Å². The molecule has 0 radical (unpaired) electrons. The minimum absolute atomic E-state index is 0.0975. The third-order valence-corrected chi connectivity index (χ3v) is 5.52. The lowest BCUT2D eigenvalue weighted by atomic mass is 10.00. The van der Waals surface area contributed by atoms with Crippen LogP contribution in [0.3, 0.4) is 0 Å². The van der Waals surface area contributed by atoms with Crippen molar-refractivity contribution in [3.05, 3.63) is 40.5 Å². The molecule has 1 aromatic rings. The summed E-state index contributed by atoms with van der Waals surface area (Å²) in [5.74, 6) is -0.530. The largest absolute Gasteiger partial charge is 0.508 e. The number of hydrogen-bond acceptors (Lipinski definition) is 4. The average Bonchev–Trinajstić information content (AvgIpc) is 2.52. The molecule has 0 aromatic heterocycles. The van der Waals surface area contributed by atoms with Crippen molar-refractivity contribution in [2.24, 2.45) is 5.14 Å². The molecule has 0 bridgehead atoms. The van der Waals surface area contributed by atoms with Crippen molar-refractivity contribution in [2.45, 2.75) is 77.5 Å². The van der Waals surface area contributed by atoms with Gasteiger partial charge in [-0.3, -0.25) is 0 Å². The van der Waals surface area contributed by atoms with E-state index in [9.17, 15) is 18.6 Å². The summed E-state index contributed by atoms with van der Waals surface area (Å²) < 4.78 is 24.1. The van der Waals surface area contributed by atoms with Gasteiger partial charge in [-0.15, -0.1) is 0 Å². The van der Waals surface area contributed by atoms with Crippen LogP contribution in [0.2, 0.25) is 0 Å². The number of aromatic hydroxyl groups is 2. The zero-order valence-electron chi connectivity index (χ0n) is 16.9. The quantitative estimate of drug-likeness (QED) is 0.394. The van der Waals surface area contributed by atoms with E-state index in [1.807, 2.05) is 33.8 Å². The zero-order chi connectivity index (χ0) is 20.6. The molecule has 0 atom stereocenters. The molecule has 0 heterocycles. The van der Waals surface area contributed by atoms with Gasteiger partial charge >= 0.3 is 0 Å². The molecule has 0 saturated heterocycles. The number of phenols is 2. The smallest absolute Gasteiger partial charge is 0.242 e. The van der Waals surface area contributed by atoms with Gasteiger partial charge in [0.1, 0.15) is 16.4 Å². The maximum Gasteiger partial charge on any atom is 0.242 e. The molecule has 6 heteroatoms. The Kier molecular flexibility index (Phi) is 9.06. The molecule has 0 spiro atoms. The molecule has 0 amide bonds. The number of nitrogens with two attached hydrogens (primary N) is 1. The standard InChI is InChI=1S/C21H33NO4S/c1-5-6-7-11-17-14-19(23)18(20(24)21(17)27(22,25)26)13-12-16(4)10-8-9-15(2)3/h9,12,14,23-24H,5-8,10-11,13H2,1-4H3,(H2,22,25,26)/b16-12+. The van der Waals surface area contributed by atoms with Gasteiger partial charge in [-0.2, -0.15) is 0 Å². The fourth-order valence-electron chi connectivity index (χ4n) is 2.96. The highest BCUT2D eigenvalue weighted by Crippen LogP contribution is 2.37. The van der Waals surface area contributed by atoms with Crippen LogP contribution < -0.4 is 5.14 Å². The second-order valence-electron chi connectivity index (χ2n) is 7.29. The lowest BCUT2D eigenvalue weighted by Gasteiger charge is -2.15. The molecular formula is C21H33NO4S. The van der Waals surface area contributed by atoms with E-state index in [-0.39, 0.29) is 22.6 Å². The lowest BCUT2D eigenvalue weighted by Crippen LogP contribution is -2.15. The lowest BCUT2D eigenvalue weighted by molar-refractivity contribution is 0.427. The summed E-state index contributed by atoms with van der Waals surface area (Å²) in [6, 6.07) is 1.43. The molecule has 0 fully saturated rings. The Hall–Kier alpha value is -1.79. The Morgan fingerprint density at radius 1 is 1.15 bits per heavy atom. The van der Waals surface area contributed by atoms with Crippen molar-refractivity contribution in [3.63, 3.8) is 0 Å². The molecule has 1 rings (SSSR count). The minimum Gasteiger partial charge on any atom is -0.508 e. The van der Waals surface area contributed by atoms with E-state index in [0.29, 0.717) is 12.0 Å². The van der Waals surface area contributed by atoms with E-state index in [4.69, 9.17) is 5.14 Å². The Morgan fingerprint density at radius 3 is 2.37 bits per heavy atom. The first-order chi connectivity index (χ1) is 12.6. The number of hydrogen-bond donors (Lipinski definition) is 3. The summed E-state index contributed by atoms with van der Waals surface area (Å²) in [6.07, 6.45) is 9.20. The van der Waals surface area contributed by atoms with Crippen LogP contribution >= 0.6 is 0 Å². The van der Waals surface area contributed by atoms with E-state index >= 15 is 0 Å². The fraction of sp³-hybridized carbons (Fsp3) is 0.524. The summed E-state index contributed by atoms with van der Waals surface area (Å²) in [6.45, 7) is 8.12. The average molecular weight is 396 g/mol. The molecule has 27 heavy (non-hydrogen) atoms. The molecule has 0 unspecified atom stereocenters. The number of rotatable bonds is 10. The summed E-state index contributed by atoms with van der Waals surface area (Å²) in [4.78, 5) is -0.262. The molecule has 4 N–H and O–H groups in total. The molecule has 0 aliphatic heterocycles. The first kappa shape index (κ1) is 23.2. The number of primary sulfonamides is 1. The topological polar surface area (TPSA) is 101 Å². The molecule has 0 aliphatic carbocycles. The third-order valence-electron chi connectivity index (χ3n) is 4.49. The van der Waals surface area contributed by atoms with Crippen LogP contribution in [0.15, 0.2) is 34.3 Å². The van der Waals surface area contributed by atoms with Crippen LogP contribution in [0.4, 0.5) is 0 Å². The maximum atomic E-state index is 12.0. The second-order valence-corrected chi connectivity index (χ2v) is 8.79. The van der Waals surface area contributed by atoms with Gasteiger partial charge in [-0.25, -0.2) is 13.6 Å². The van der Waals surface area contributed by atoms with Crippen molar-refractivity contribution in [3.8, 4) is 11.5 Å². The van der Waals surface area contributed by atoms with Crippen molar-refractivity contribution in [2.75, 3.05) is 0 Å². The highest BCUT2D eigenvalue weighted by molar-refractivity contribution is 7.89. The van der Waals surface area contributed by atoms with Gasteiger partial charge in [0.2, 0.25) is 10.0 Å². The van der Waals surface area contributed by atoms with Crippen LogP contribution in [-0.2, 0) is 22.9 Å². The molecular weight excluding hydrogens is 362 g/mol. The summed E-state index contributed by atoms with van der Waals surface area (Å²) in [5, 5.41) is 26.2. The summed E-state index contributed by atoms with van der Waals surface area (Å²) in [5.41, 5.74) is 2.93. The van der Waals surface area contributed by atoms with Gasteiger partial charge < -0.3 is 10.2 Å². The van der Waals surface area contributed by atoms with Crippen LogP contribution in [0, 0.1) is 0 Å². The van der Waals surface area contributed by atoms with E-state index in [2.05, 4.69) is 6.08 Å². The third kappa shape index (κ3) is 7.39. The highest BCUT2D eigenvalue weighted by atomic mass is 32.2. The molecule has 152 valence electrons. The van der Waals surface area contributed by atoms with Gasteiger partial charge in [0.05, 0.1) is 0 Å². The number of allylic oxidation sites excluding steroid dienone is 4. The summed E-state index contributed by atoms with van der Waals surface area (Å²) in [7, 11) is -4.09. The predicted molar refractivity (Wildman–Crippen MR) is 110 cm³/mol. The molecule has 0 aliphatic rings. The number of benzene rings is 1. The van der Waals surface area contributed by atoms with Gasteiger partial charge in [0.15, 0.2) is 0 Å². The van der Waals surface area contributed by atoms with E-state index in [1.165, 1.54) is 11.6 Å².